The zero-order chi connectivity index (χ0) is 14.0. The Bertz CT molecular complexity index is 617. The third-order valence-electron chi connectivity index (χ3n) is 3.08. The van der Waals surface area contributed by atoms with E-state index in [2.05, 4.69) is 5.10 Å². The van der Waals surface area contributed by atoms with Crippen molar-refractivity contribution in [3.05, 3.63) is 41.2 Å². The predicted molar refractivity (Wildman–Crippen MR) is 70.9 cm³/mol. The predicted octanol–water partition coefficient (Wildman–Crippen LogP) is 2.26. The number of benzene rings is 1. The second-order valence-corrected chi connectivity index (χ2v) is 4.39. The van der Waals surface area contributed by atoms with Crippen LogP contribution in [0.25, 0.3) is 5.69 Å². The van der Waals surface area contributed by atoms with E-state index in [9.17, 15) is 4.79 Å². The second-order valence-electron chi connectivity index (χ2n) is 4.39. The molecule has 1 aromatic carbocycles. The van der Waals surface area contributed by atoms with Crippen LogP contribution in [0.1, 0.15) is 17.0 Å². The van der Waals surface area contributed by atoms with E-state index in [4.69, 9.17) is 9.84 Å². The summed E-state index contributed by atoms with van der Waals surface area (Å²) in [6.07, 6.45) is 0. The van der Waals surface area contributed by atoms with Crippen molar-refractivity contribution in [2.75, 3.05) is 6.61 Å². The van der Waals surface area contributed by atoms with E-state index in [1.807, 2.05) is 37.6 Å². The van der Waals surface area contributed by atoms with Crippen LogP contribution < -0.4 is 4.74 Å². The van der Waals surface area contributed by atoms with E-state index in [0.717, 1.165) is 22.6 Å². The summed E-state index contributed by atoms with van der Waals surface area (Å²) in [6, 6.07) is 7.23. The largest absolute Gasteiger partial charge is 0.482 e. The van der Waals surface area contributed by atoms with E-state index < -0.39 is 5.97 Å². The fourth-order valence-electron chi connectivity index (χ4n) is 1.82. The average molecular weight is 260 g/mol. The van der Waals surface area contributed by atoms with Gasteiger partial charge in [-0.3, -0.25) is 0 Å². The van der Waals surface area contributed by atoms with Gasteiger partial charge in [0, 0.05) is 11.8 Å². The molecule has 0 aliphatic heterocycles. The highest BCUT2D eigenvalue weighted by atomic mass is 16.5. The highest BCUT2D eigenvalue weighted by Gasteiger charge is 2.09. The molecule has 1 heterocycles. The Morgan fingerprint density at radius 3 is 2.68 bits per heavy atom. The van der Waals surface area contributed by atoms with E-state index in [-0.39, 0.29) is 6.61 Å². The maximum atomic E-state index is 10.5. The Morgan fingerprint density at radius 2 is 2.11 bits per heavy atom. The minimum Gasteiger partial charge on any atom is -0.482 e. The SMILES string of the molecule is Cc1nn(-c2cccc(OCC(=O)O)c2)c(C)c1C. The van der Waals surface area contributed by atoms with Gasteiger partial charge in [-0.05, 0) is 38.5 Å². The molecule has 0 aliphatic carbocycles. The smallest absolute Gasteiger partial charge is 0.341 e. The van der Waals surface area contributed by atoms with Crippen LogP contribution in [-0.2, 0) is 4.79 Å². The first-order valence-corrected chi connectivity index (χ1v) is 5.97. The topological polar surface area (TPSA) is 64.4 Å². The number of nitrogens with zero attached hydrogens (tertiary/aromatic N) is 2. The minimum absolute atomic E-state index is 0.348. The molecule has 2 rings (SSSR count). The Hall–Kier alpha value is -2.30. The van der Waals surface area contributed by atoms with Gasteiger partial charge in [0.25, 0.3) is 0 Å². The molecule has 0 aliphatic rings. The van der Waals surface area contributed by atoms with E-state index in [0.29, 0.717) is 5.75 Å². The van der Waals surface area contributed by atoms with Crippen LogP contribution in [0.2, 0.25) is 0 Å². The highest BCUT2D eigenvalue weighted by molar-refractivity contribution is 5.68. The maximum absolute atomic E-state index is 10.5. The lowest BCUT2D eigenvalue weighted by Gasteiger charge is -2.08. The molecule has 0 atom stereocenters. The molecule has 0 spiro atoms. The summed E-state index contributed by atoms with van der Waals surface area (Å²) < 4.78 is 7.00. The summed E-state index contributed by atoms with van der Waals surface area (Å²) in [5, 5.41) is 13.1. The average Bonchev–Trinajstić information content (AvgIpc) is 2.64. The van der Waals surface area contributed by atoms with E-state index in [1.54, 1.807) is 12.1 Å². The van der Waals surface area contributed by atoms with Crippen LogP contribution in [0.3, 0.4) is 0 Å². The molecule has 100 valence electrons. The van der Waals surface area contributed by atoms with Crippen LogP contribution in [0.15, 0.2) is 24.3 Å². The molecule has 0 unspecified atom stereocenters. The van der Waals surface area contributed by atoms with Crippen molar-refractivity contribution in [3.8, 4) is 11.4 Å². The third kappa shape index (κ3) is 2.76. The third-order valence-corrected chi connectivity index (χ3v) is 3.08. The van der Waals surface area contributed by atoms with Crippen molar-refractivity contribution >= 4 is 5.97 Å². The summed E-state index contributed by atoms with van der Waals surface area (Å²) >= 11 is 0. The molecule has 2 aromatic rings. The van der Waals surface area contributed by atoms with Crippen LogP contribution in [0.5, 0.6) is 5.75 Å². The lowest BCUT2D eigenvalue weighted by molar-refractivity contribution is -0.139. The van der Waals surface area contributed by atoms with Gasteiger partial charge in [0.2, 0.25) is 0 Å². The highest BCUT2D eigenvalue weighted by Crippen LogP contribution is 2.20. The Balaban J connectivity index is 2.32. The molecule has 0 saturated heterocycles. The van der Waals surface area contributed by atoms with Gasteiger partial charge in [-0.1, -0.05) is 6.07 Å². The van der Waals surface area contributed by atoms with Crippen molar-refractivity contribution < 1.29 is 14.6 Å². The first-order valence-electron chi connectivity index (χ1n) is 5.97. The molecule has 0 amide bonds. The van der Waals surface area contributed by atoms with Crippen molar-refractivity contribution in [1.29, 1.82) is 0 Å². The Kier molecular flexibility index (Phi) is 3.55. The van der Waals surface area contributed by atoms with Gasteiger partial charge in [0.05, 0.1) is 11.4 Å². The molecule has 0 saturated carbocycles. The number of hydrogen-bond acceptors (Lipinski definition) is 3. The van der Waals surface area contributed by atoms with Gasteiger partial charge >= 0.3 is 5.97 Å². The molecular formula is C14H16N2O3. The zero-order valence-electron chi connectivity index (χ0n) is 11.2. The first kappa shape index (κ1) is 13.1. The lowest BCUT2D eigenvalue weighted by atomic mass is 10.2. The number of aromatic nitrogens is 2. The number of carbonyl (C=O) groups is 1. The molecule has 1 N–H and O–H groups in total. The van der Waals surface area contributed by atoms with E-state index in [1.165, 1.54) is 0 Å². The monoisotopic (exact) mass is 260 g/mol. The molecule has 5 nitrogen and oxygen atoms in total. The quantitative estimate of drug-likeness (QED) is 0.915. The van der Waals surface area contributed by atoms with Crippen molar-refractivity contribution in [3.63, 3.8) is 0 Å². The van der Waals surface area contributed by atoms with Crippen molar-refractivity contribution in [2.45, 2.75) is 20.8 Å². The van der Waals surface area contributed by atoms with Crippen LogP contribution in [-0.4, -0.2) is 27.5 Å². The van der Waals surface area contributed by atoms with Crippen LogP contribution >= 0.6 is 0 Å². The van der Waals surface area contributed by atoms with E-state index >= 15 is 0 Å². The minimum atomic E-state index is -0.993. The number of carboxylic acids is 1. The summed E-state index contributed by atoms with van der Waals surface area (Å²) in [6.45, 7) is 5.64. The number of aliphatic carboxylic acids is 1. The molecule has 5 heteroatoms. The number of aryl methyl sites for hydroxylation is 1. The fourth-order valence-corrected chi connectivity index (χ4v) is 1.82. The molecule has 0 fully saturated rings. The Labute approximate surface area is 111 Å². The maximum Gasteiger partial charge on any atom is 0.341 e. The molecule has 0 bridgehead atoms. The van der Waals surface area contributed by atoms with Gasteiger partial charge in [-0.25, -0.2) is 9.48 Å². The summed E-state index contributed by atoms with van der Waals surface area (Å²) in [5.74, 6) is -0.475. The van der Waals surface area contributed by atoms with Crippen molar-refractivity contribution in [2.24, 2.45) is 0 Å². The van der Waals surface area contributed by atoms with Crippen LogP contribution in [0, 0.1) is 20.8 Å². The van der Waals surface area contributed by atoms with Crippen LogP contribution in [0.4, 0.5) is 0 Å². The van der Waals surface area contributed by atoms with Gasteiger partial charge in [0.15, 0.2) is 6.61 Å². The molecule has 1 aromatic heterocycles. The first-order chi connectivity index (χ1) is 8.99. The van der Waals surface area contributed by atoms with Gasteiger partial charge in [0.1, 0.15) is 5.75 Å². The number of carboxylic acid groups (broad SMARTS) is 1. The fraction of sp³-hybridized carbons (Fsp3) is 0.286. The summed E-state index contributed by atoms with van der Waals surface area (Å²) in [7, 11) is 0. The van der Waals surface area contributed by atoms with Gasteiger partial charge in [-0.15, -0.1) is 0 Å². The zero-order valence-corrected chi connectivity index (χ0v) is 11.2. The van der Waals surface area contributed by atoms with Gasteiger partial charge in [-0.2, -0.15) is 5.10 Å². The lowest BCUT2D eigenvalue weighted by Crippen LogP contribution is -2.09. The molecule has 0 radical (unpaired) electrons. The second kappa shape index (κ2) is 5.14. The Morgan fingerprint density at radius 1 is 1.37 bits per heavy atom. The number of ether oxygens (including phenoxy) is 1. The molecule has 19 heavy (non-hydrogen) atoms. The summed E-state index contributed by atoms with van der Waals surface area (Å²) in [4.78, 5) is 10.5. The van der Waals surface area contributed by atoms with Crippen molar-refractivity contribution in [1.82, 2.24) is 9.78 Å². The van der Waals surface area contributed by atoms with Gasteiger partial charge < -0.3 is 9.84 Å². The number of rotatable bonds is 4. The summed E-state index contributed by atoms with van der Waals surface area (Å²) in [5.41, 5.74) is 4.05. The standard InChI is InChI=1S/C14H16N2O3/c1-9-10(2)15-16(11(9)3)12-5-4-6-13(7-12)19-8-14(17)18/h4-7H,8H2,1-3H3,(H,17,18). The number of hydrogen-bond donors (Lipinski definition) is 1. The normalized spacial score (nSPS) is 10.5. The molecular weight excluding hydrogens is 244 g/mol.